The lowest BCUT2D eigenvalue weighted by Gasteiger charge is -2.14. The van der Waals surface area contributed by atoms with Crippen molar-refractivity contribution in [2.75, 3.05) is 19.0 Å². The first kappa shape index (κ1) is 16.9. The summed E-state index contributed by atoms with van der Waals surface area (Å²) in [6.45, 7) is 5.86. The van der Waals surface area contributed by atoms with Gasteiger partial charge in [0.05, 0.1) is 12.3 Å². The van der Waals surface area contributed by atoms with Crippen molar-refractivity contribution in [3.05, 3.63) is 48.6 Å². The van der Waals surface area contributed by atoms with E-state index < -0.39 is 6.41 Å². The van der Waals surface area contributed by atoms with Crippen molar-refractivity contribution in [1.29, 1.82) is 0 Å². The summed E-state index contributed by atoms with van der Waals surface area (Å²) in [7, 11) is 1.78. The molecule has 21 heavy (non-hydrogen) atoms. The molecule has 0 spiro atoms. The van der Waals surface area contributed by atoms with E-state index in [1.54, 1.807) is 13.1 Å². The average Bonchev–Trinajstić information content (AvgIpc) is 2.49. The van der Waals surface area contributed by atoms with E-state index in [1.165, 1.54) is 0 Å². The third-order valence-electron chi connectivity index (χ3n) is 2.63. The molecule has 3 N–H and O–H groups in total. The van der Waals surface area contributed by atoms with Crippen molar-refractivity contribution in [2.24, 2.45) is 5.10 Å². The molecule has 1 aromatic carbocycles. The first-order valence-corrected chi connectivity index (χ1v) is 6.88. The van der Waals surface area contributed by atoms with Crippen molar-refractivity contribution in [1.82, 2.24) is 5.43 Å². The van der Waals surface area contributed by atoms with E-state index in [4.69, 9.17) is 4.74 Å². The van der Waals surface area contributed by atoms with Gasteiger partial charge in [0, 0.05) is 12.7 Å². The fraction of sp³-hybridized carbons (Fsp3) is 0.312. The molecule has 0 amide bonds. The number of hydrogen-bond acceptors (Lipinski definition) is 5. The average molecular weight is 289 g/mol. The largest absolute Gasteiger partial charge is 0.351 e. The predicted molar refractivity (Wildman–Crippen MR) is 88.0 cm³/mol. The summed E-state index contributed by atoms with van der Waals surface area (Å²) in [4.78, 5) is 0. The Bertz CT molecular complexity index is 498. The zero-order valence-corrected chi connectivity index (χ0v) is 12.5. The Labute approximate surface area is 126 Å². The molecule has 114 valence electrons. The minimum Gasteiger partial charge on any atom is -0.351 e. The molecule has 0 heterocycles. The highest BCUT2D eigenvalue weighted by molar-refractivity contribution is 5.97. The van der Waals surface area contributed by atoms with Crippen molar-refractivity contribution >= 4 is 17.5 Å². The zero-order valence-electron chi connectivity index (χ0n) is 12.5. The highest BCUT2D eigenvalue weighted by Crippen LogP contribution is 2.13. The molecule has 0 bridgehead atoms. The predicted octanol–water partition coefficient (Wildman–Crippen LogP) is 2.58. The fourth-order valence-electron chi connectivity index (χ4n) is 1.65. The number of hydrazone groups is 1. The van der Waals surface area contributed by atoms with Crippen molar-refractivity contribution < 1.29 is 9.84 Å². The molecule has 1 unspecified atom stereocenters. The van der Waals surface area contributed by atoms with Gasteiger partial charge in [0.25, 0.3) is 0 Å². The summed E-state index contributed by atoms with van der Waals surface area (Å²) < 4.78 is 5.06. The van der Waals surface area contributed by atoms with Gasteiger partial charge in [-0.2, -0.15) is 5.10 Å². The maximum Gasteiger partial charge on any atom is 0.235 e. The molecule has 0 aromatic heterocycles. The highest BCUT2D eigenvalue weighted by atomic mass is 16.6. The maximum atomic E-state index is 9.62. The van der Waals surface area contributed by atoms with E-state index >= 15 is 0 Å². The van der Waals surface area contributed by atoms with E-state index in [0.717, 1.165) is 23.4 Å². The second-order valence-electron chi connectivity index (χ2n) is 4.26. The summed E-state index contributed by atoms with van der Waals surface area (Å²) in [5.74, 6) is 0. The monoisotopic (exact) mass is 289 g/mol. The zero-order chi connectivity index (χ0) is 15.5. The van der Waals surface area contributed by atoms with Crippen molar-refractivity contribution in [2.45, 2.75) is 19.8 Å². The minimum atomic E-state index is -1.06. The quantitative estimate of drug-likeness (QED) is 0.283. The van der Waals surface area contributed by atoms with Gasteiger partial charge in [0.1, 0.15) is 0 Å². The molecule has 5 heteroatoms. The highest BCUT2D eigenvalue weighted by Gasteiger charge is 2.02. The van der Waals surface area contributed by atoms with E-state index in [1.807, 2.05) is 43.3 Å². The molecule has 5 nitrogen and oxygen atoms in total. The van der Waals surface area contributed by atoms with E-state index in [2.05, 4.69) is 22.4 Å². The molecule has 0 aliphatic carbocycles. The number of allylic oxidation sites excluding steroid dienone is 1. The van der Waals surface area contributed by atoms with Crippen LogP contribution in [0.2, 0.25) is 0 Å². The third-order valence-corrected chi connectivity index (χ3v) is 2.63. The number of ether oxygens (including phenoxy) is 1. The summed E-state index contributed by atoms with van der Waals surface area (Å²) in [5.41, 5.74) is 5.52. The number of aliphatic hydroxyl groups excluding tert-OH is 1. The van der Waals surface area contributed by atoms with Crippen LogP contribution in [0.4, 0.5) is 5.69 Å². The van der Waals surface area contributed by atoms with Gasteiger partial charge in [-0.3, -0.25) is 0 Å². The standard InChI is InChI=1S/C16H23N3O2/c1-4-11-21-16(20)18-15-8-6-7-13(12-15)9-10-14(5-2)19-17-3/h4,6-10,12,16-18,20H,1,5,11H2,2-3H3/b10-9+,19-14-. The van der Waals surface area contributed by atoms with Crippen LogP contribution in [-0.2, 0) is 4.74 Å². The Morgan fingerprint density at radius 2 is 2.33 bits per heavy atom. The van der Waals surface area contributed by atoms with Gasteiger partial charge < -0.3 is 20.6 Å². The molecule has 0 aliphatic heterocycles. The number of aliphatic hydroxyl groups is 1. The number of benzene rings is 1. The molecule has 1 rings (SSSR count). The molecular formula is C16H23N3O2. The molecular weight excluding hydrogens is 266 g/mol. The molecule has 0 radical (unpaired) electrons. The smallest absolute Gasteiger partial charge is 0.235 e. The Hall–Kier alpha value is -2.11. The summed E-state index contributed by atoms with van der Waals surface area (Å²) in [6, 6.07) is 7.66. The van der Waals surface area contributed by atoms with Crippen LogP contribution in [0.3, 0.4) is 0 Å². The van der Waals surface area contributed by atoms with E-state index in [0.29, 0.717) is 0 Å². The van der Waals surface area contributed by atoms with Gasteiger partial charge in [0.2, 0.25) is 6.41 Å². The lowest BCUT2D eigenvalue weighted by Crippen LogP contribution is -2.22. The number of hydrogen-bond donors (Lipinski definition) is 3. The minimum absolute atomic E-state index is 0.286. The van der Waals surface area contributed by atoms with Crippen molar-refractivity contribution in [3.63, 3.8) is 0 Å². The van der Waals surface area contributed by atoms with Crippen LogP contribution in [0, 0.1) is 0 Å². The molecule has 1 aromatic rings. The van der Waals surface area contributed by atoms with Gasteiger partial charge in [0.15, 0.2) is 0 Å². The van der Waals surface area contributed by atoms with E-state index in [-0.39, 0.29) is 6.61 Å². The molecule has 0 saturated carbocycles. The van der Waals surface area contributed by atoms with Crippen LogP contribution < -0.4 is 10.7 Å². The van der Waals surface area contributed by atoms with Crippen LogP contribution in [0.5, 0.6) is 0 Å². The summed E-state index contributed by atoms with van der Waals surface area (Å²) in [6.07, 6.45) is 5.31. The molecule has 1 atom stereocenters. The molecule has 0 fully saturated rings. The maximum absolute atomic E-state index is 9.62. The Morgan fingerprint density at radius 3 is 3.00 bits per heavy atom. The van der Waals surface area contributed by atoms with Crippen LogP contribution in [-0.4, -0.2) is 30.9 Å². The lowest BCUT2D eigenvalue weighted by atomic mass is 10.1. The van der Waals surface area contributed by atoms with Crippen LogP contribution in [0.15, 0.2) is 48.1 Å². The number of nitrogens with zero attached hydrogens (tertiary/aromatic N) is 1. The topological polar surface area (TPSA) is 65.9 Å². The van der Waals surface area contributed by atoms with Crippen LogP contribution in [0.1, 0.15) is 18.9 Å². The van der Waals surface area contributed by atoms with Crippen LogP contribution in [0.25, 0.3) is 6.08 Å². The van der Waals surface area contributed by atoms with Gasteiger partial charge in [-0.05, 0) is 30.2 Å². The molecule has 0 aliphatic rings. The normalized spacial score (nSPS) is 13.2. The van der Waals surface area contributed by atoms with Gasteiger partial charge in [-0.15, -0.1) is 6.58 Å². The second-order valence-corrected chi connectivity index (χ2v) is 4.26. The van der Waals surface area contributed by atoms with Gasteiger partial charge >= 0.3 is 0 Å². The van der Waals surface area contributed by atoms with E-state index in [9.17, 15) is 5.11 Å². The summed E-state index contributed by atoms with van der Waals surface area (Å²) >= 11 is 0. The summed E-state index contributed by atoms with van der Waals surface area (Å²) in [5, 5.41) is 16.6. The SMILES string of the molecule is C=CCOC(O)Nc1cccc(/C=C/C(CC)=N\NC)c1. The fourth-order valence-corrected chi connectivity index (χ4v) is 1.65. The Kier molecular flexibility index (Phi) is 7.86. The number of rotatable bonds is 9. The number of nitrogens with one attached hydrogen (secondary N) is 2. The second kappa shape index (κ2) is 9.74. The Balaban J connectivity index is 2.69. The Morgan fingerprint density at radius 1 is 1.52 bits per heavy atom. The van der Waals surface area contributed by atoms with Crippen molar-refractivity contribution in [3.8, 4) is 0 Å². The third kappa shape index (κ3) is 6.74. The number of anilines is 1. The molecule has 0 saturated heterocycles. The van der Waals surface area contributed by atoms with Gasteiger partial charge in [-0.1, -0.05) is 31.2 Å². The first-order chi connectivity index (χ1) is 10.2. The van der Waals surface area contributed by atoms with Gasteiger partial charge in [-0.25, -0.2) is 0 Å². The first-order valence-electron chi connectivity index (χ1n) is 6.88. The van der Waals surface area contributed by atoms with Crippen LogP contribution >= 0.6 is 0 Å². The lowest BCUT2D eigenvalue weighted by molar-refractivity contribution is -0.0668.